The predicted octanol–water partition coefficient (Wildman–Crippen LogP) is 5.63. The summed E-state index contributed by atoms with van der Waals surface area (Å²) < 4.78 is 6.40. The van der Waals surface area contributed by atoms with E-state index in [0.717, 1.165) is 15.8 Å². The Bertz CT molecular complexity index is 1420. The Morgan fingerprint density at radius 2 is 1.79 bits per heavy atom. The van der Waals surface area contributed by atoms with Crippen LogP contribution in [0.3, 0.4) is 0 Å². The van der Waals surface area contributed by atoms with Crippen LogP contribution in [0.2, 0.25) is 0 Å². The molecule has 6 nitrogen and oxygen atoms in total. The molecule has 2 heterocycles. The van der Waals surface area contributed by atoms with Gasteiger partial charge in [-0.05, 0) is 61.4 Å². The van der Waals surface area contributed by atoms with Crippen molar-refractivity contribution < 1.29 is 19.4 Å². The van der Waals surface area contributed by atoms with Gasteiger partial charge in [-0.1, -0.05) is 47.7 Å². The molecule has 1 amide bonds. The number of ether oxygens (including phenoxy) is 1. The number of benzene rings is 3. The molecule has 0 spiro atoms. The van der Waals surface area contributed by atoms with Gasteiger partial charge in [-0.2, -0.15) is 0 Å². The van der Waals surface area contributed by atoms with Crippen molar-refractivity contribution >= 4 is 44.1 Å². The fourth-order valence-electron chi connectivity index (χ4n) is 4.13. The molecule has 4 aromatic rings. The summed E-state index contributed by atoms with van der Waals surface area (Å²) in [7, 11) is 0. The minimum absolute atomic E-state index is 0.0378. The van der Waals surface area contributed by atoms with E-state index in [4.69, 9.17) is 4.74 Å². The van der Waals surface area contributed by atoms with Crippen LogP contribution in [-0.4, -0.2) is 28.4 Å². The summed E-state index contributed by atoms with van der Waals surface area (Å²) in [5, 5.41) is 11.6. The van der Waals surface area contributed by atoms with Gasteiger partial charge in [0.05, 0.1) is 28.4 Å². The van der Waals surface area contributed by atoms with Crippen molar-refractivity contribution in [2.75, 3.05) is 11.5 Å². The molecule has 1 fully saturated rings. The number of nitrogens with zero attached hydrogens (tertiary/aromatic N) is 2. The largest absolute Gasteiger partial charge is 0.507 e. The molecule has 0 saturated carbocycles. The van der Waals surface area contributed by atoms with Gasteiger partial charge in [-0.3, -0.25) is 14.5 Å². The number of hydrogen-bond donors (Lipinski definition) is 1. The van der Waals surface area contributed by atoms with Crippen LogP contribution >= 0.6 is 11.3 Å². The van der Waals surface area contributed by atoms with Crippen LogP contribution in [0.1, 0.15) is 29.7 Å². The van der Waals surface area contributed by atoms with Crippen LogP contribution in [0.25, 0.3) is 16.0 Å². The Kier molecular flexibility index (Phi) is 5.63. The summed E-state index contributed by atoms with van der Waals surface area (Å²) in [4.78, 5) is 32.6. The lowest BCUT2D eigenvalue weighted by Crippen LogP contribution is -2.29. The van der Waals surface area contributed by atoms with Gasteiger partial charge in [0.1, 0.15) is 11.5 Å². The zero-order valence-electron chi connectivity index (χ0n) is 18.7. The van der Waals surface area contributed by atoms with Gasteiger partial charge in [0.15, 0.2) is 5.13 Å². The molecule has 1 unspecified atom stereocenters. The van der Waals surface area contributed by atoms with E-state index in [2.05, 4.69) is 4.98 Å². The molecule has 1 aromatic heterocycles. The van der Waals surface area contributed by atoms with Gasteiger partial charge in [0.2, 0.25) is 0 Å². The lowest BCUT2D eigenvalue weighted by atomic mass is 9.95. The Morgan fingerprint density at radius 3 is 2.50 bits per heavy atom. The predicted molar refractivity (Wildman–Crippen MR) is 133 cm³/mol. The van der Waals surface area contributed by atoms with Crippen molar-refractivity contribution in [3.8, 4) is 5.75 Å². The second kappa shape index (κ2) is 8.76. The Balaban J connectivity index is 1.67. The summed E-state index contributed by atoms with van der Waals surface area (Å²) in [6.07, 6.45) is 0. The number of fused-ring (bicyclic) bond motifs is 1. The van der Waals surface area contributed by atoms with E-state index in [1.54, 1.807) is 24.3 Å². The maximum Gasteiger partial charge on any atom is 0.301 e. The number of carbonyl (C=O) groups is 2. The highest BCUT2D eigenvalue weighted by atomic mass is 32.1. The first-order valence-corrected chi connectivity index (χ1v) is 11.8. The maximum absolute atomic E-state index is 13.3. The van der Waals surface area contributed by atoms with Gasteiger partial charge in [0.25, 0.3) is 5.78 Å². The van der Waals surface area contributed by atoms with Crippen LogP contribution in [0.15, 0.2) is 78.4 Å². The second-order valence-electron chi connectivity index (χ2n) is 8.00. The van der Waals surface area contributed by atoms with Crippen LogP contribution in [0.4, 0.5) is 5.13 Å². The first-order valence-electron chi connectivity index (χ1n) is 10.9. The van der Waals surface area contributed by atoms with E-state index < -0.39 is 17.7 Å². The Labute approximate surface area is 200 Å². The molecule has 1 N–H and O–H groups in total. The highest BCUT2D eigenvalue weighted by molar-refractivity contribution is 7.22. The number of amides is 1. The smallest absolute Gasteiger partial charge is 0.301 e. The number of hydrogen-bond acceptors (Lipinski definition) is 6. The molecule has 0 radical (unpaired) electrons. The first kappa shape index (κ1) is 21.9. The molecule has 3 aromatic carbocycles. The fourth-order valence-corrected chi connectivity index (χ4v) is 5.22. The van der Waals surface area contributed by atoms with Crippen molar-refractivity contribution in [1.29, 1.82) is 0 Å². The van der Waals surface area contributed by atoms with Crippen molar-refractivity contribution in [3.63, 3.8) is 0 Å². The summed E-state index contributed by atoms with van der Waals surface area (Å²) in [6, 6.07) is 21.1. The second-order valence-corrected chi connectivity index (χ2v) is 9.01. The number of rotatable bonds is 5. The topological polar surface area (TPSA) is 79.7 Å². The zero-order valence-corrected chi connectivity index (χ0v) is 19.5. The van der Waals surface area contributed by atoms with Crippen molar-refractivity contribution in [2.45, 2.75) is 19.9 Å². The van der Waals surface area contributed by atoms with E-state index in [0.29, 0.717) is 28.6 Å². The molecule has 34 heavy (non-hydrogen) atoms. The first-order chi connectivity index (χ1) is 16.5. The van der Waals surface area contributed by atoms with Gasteiger partial charge in [-0.25, -0.2) is 4.98 Å². The highest BCUT2D eigenvalue weighted by Gasteiger charge is 2.48. The Morgan fingerprint density at radius 1 is 1.06 bits per heavy atom. The zero-order chi connectivity index (χ0) is 23.8. The average molecular weight is 471 g/mol. The van der Waals surface area contributed by atoms with Gasteiger partial charge in [0, 0.05) is 5.56 Å². The maximum atomic E-state index is 13.3. The molecule has 1 aliphatic heterocycles. The third-order valence-electron chi connectivity index (χ3n) is 5.74. The number of aliphatic hydroxyl groups excluding tert-OH is 1. The van der Waals surface area contributed by atoms with Crippen molar-refractivity contribution in [2.24, 2.45) is 0 Å². The number of Topliss-reactive ketones (excluding diaryl/α,β-unsaturated/α-hetero) is 1. The van der Waals surface area contributed by atoms with E-state index in [1.807, 2.05) is 62.4 Å². The van der Waals surface area contributed by atoms with Crippen LogP contribution in [0, 0.1) is 6.92 Å². The standard InChI is InChI=1S/C27H22N2O4S/c1-3-33-19-12-10-18(11-13-19)24(30)22-23(17-7-5-4-6-8-17)29(26(32)25(22)31)27-28-20-14-9-16(2)15-21(20)34-27/h4-15,23,30H,3H2,1-2H3. The molecule has 170 valence electrons. The van der Waals surface area contributed by atoms with Crippen LogP contribution in [-0.2, 0) is 9.59 Å². The van der Waals surface area contributed by atoms with E-state index in [9.17, 15) is 14.7 Å². The number of thiazole rings is 1. The summed E-state index contributed by atoms with van der Waals surface area (Å²) in [5.74, 6) is -1.02. The molecule has 0 aliphatic carbocycles. The lowest BCUT2D eigenvalue weighted by molar-refractivity contribution is -0.132. The van der Waals surface area contributed by atoms with Crippen LogP contribution < -0.4 is 9.64 Å². The average Bonchev–Trinajstić information content (AvgIpc) is 3.37. The number of aryl methyl sites for hydroxylation is 1. The highest BCUT2D eigenvalue weighted by Crippen LogP contribution is 2.44. The quantitative estimate of drug-likeness (QED) is 0.232. The van der Waals surface area contributed by atoms with E-state index in [1.165, 1.54) is 16.2 Å². The molecule has 1 saturated heterocycles. The summed E-state index contributed by atoms with van der Waals surface area (Å²) >= 11 is 1.35. The third-order valence-corrected chi connectivity index (χ3v) is 6.75. The lowest BCUT2D eigenvalue weighted by Gasteiger charge is -2.22. The molecule has 0 bridgehead atoms. The molecule has 1 aliphatic rings. The number of carbonyl (C=O) groups excluding carboxylic acids is 2. The van der Waals surface area contributed by atoms with Crippen molar-refractivity contribution in [3.05, 3.63) is 95.1 Å². The molecule has 1 atom stereocenters. The van der Waals surface area contributed by atoms with Crippen LogP contribution in [0.5, 0.6) is 5.75 Å². The van der Waals surface area contributed by atoms with Gasteiger partial charge >= 0.3 is 5.91 Å². The minimum atomic E-state index is -0.797. The minimum Gasteiger partial charge on any atom is -0.507 e. The summed E-state index contributed by atoms with van der Waals surface area (Å²) in [6.45, 7) is 4.40. The third kappa shape index (κ3) is 3.74. The fraction of sp³-hybridized carbons (Fsp3) is 0.148. The molecule has 5 rings (SSSR count). The SMILES string of the molecule is CCOc1ccc(C(O)=C2C(=O)C(=O)N(c3nc4ccc(C)cc4s3)C2c2ccccc2)cc1. The van der Waals surface area contributed by atoms with E-state index >= 15 is 0 Å². The Hall–Kier alpha value is -3.97. The molecular formula is C27H22N2O4S. The molecule has 7 heteroatoms. The monoisotopic (exact) mass is 470 g/mol. The van der Waals surface area contributed by atoms with Crippen molar-refractivity contribution in [1.82, 2.24) is 4.98 Å². The normalized spacial score (nSPS) is 17.5. The molecular weight excluding hydrogens is 448 g/mol. The number of ketones is 1. The van der Waals surface area contributed by atoms with Gasteiger partial charge < -0.3 is 9.84 Å². The summed E-state index contributed by atoms with van der Waals surface area (Å²) in [5.41, 5.74) is 3.02. The number of anilines is 1. The van der Waals surface area contributed by atoms with E-state index in [-0.39, 0.29) is 11.3 Å². The number of aromatic nitrogens is 1. The number of aliphatic hydroxyl groups is 1. The van der Waals surface area contributed by atoms with Gasteiger partial charge in [-0.15, -0.1) is 0 Å².